The molecule has 0 aliphatic rings. The maximum Gasteiger partial charge on any atom is 0.221 e. The van der Waals surface area contributed by atoms with Crippen molar-refractivity contribution < 1.29 is 9.21 Å². The molecule has 4 rings (SSSR count). The zero-order valence-electron chi connectivity index (χ0n) is 14.9. The Hall–Kier alpha value is -2.69. The Labute approximate surface area is 172 Å². The van der Waals surface area contributed by atoms with E-state index in [-0.39, 0.29) is 18.2 Å². The molecule has 0 aliphatic heterocycles. The normalized spacial score (nSPS) is 12.2. The van der Waals surface area contributed by atoms with E-state index in [1.807, 2.05) is 54.7 Å². The number of benzene rings is 2. The van der Waals surface area contributed by atoms with Gasteiger partial charge in [-0.25, -0.2) is 0 Å². The van der Waals surface area contributed by atoms with Crippen LogP contribution in [0.2, 0.25) is 10.0 Å². The molecule has 6 heteroatoms. The second kappa shape index (κ2) is 8.13. The first-order valence-electron chi connectivity index (χ1n) is 8.91. The van der Waals surface area contributed by atoms with Gasteiger partial charge in [0.1, 0.15) is 5.76 Å². The minimum absolute atomic E-state index is 0.0715. The van der Waals surface area contributed by atoms with Gasteiger partial charge >= 0.3 is 0 Å². The average molecular weight is 413 g/mol. The molecule has 1 amide bonds. The zero-order valence-corrected chi connectivity index (χ0v) is 16.4. The van der Waals surface area contributed by atoms with Gasteiger partial charge in [0.2, 0.25) is 5.91 Å². The smallest absolute Gasteiger partial charge is 0.221 e. The van der Waals surface area contributed by atoms with E-state index in [1.165, 1.54) is 0 Å². The molecule has 2 heterocycles. The Balaban J connectivity index is 1.65. The monoisotopic (exact) mass is 412 g/mol. The van der Waals surface area contributed by atoms with Crippen molar-refractivity contribution in [3.8, 4) is 0 Å². The molecule has 0 saturated heterocycles. The van der Waals surface area contributed by atoms with E-state index in [2.05, 4.69) is 10.3 Å². The molecular weight excluding hydrogens is 395 g/mol. The molecule has 0 unspecified atom stereocenters. The Kier molecular flexibility index (Phi) is 5.42. The number of nitrogens with one attached hydrogen (secondary N) is 2. The van der Waals surface area contributed by atoms with Gasteiger partial charge in [-0.15, -0.1) is 0 Å². The fourth-order valence-electron chi connectivity index (χ4n) is 3.39. The van der Waals surface area contributed by atoms with Crippen LogP contribution in [0.15, 0.2) is 71.5 Å². The maximum atomic E-state index is 12.7. The highest BCUT2D eigenvalue weighted by atomic mass is 35.5. The van der Waals surface area contributed by atoms with Gasteiger partial charge in [-0.05, 0) is 53.6 Å². The Morgan fingerprint density at radius 2 is 1.93 bits per heavy atom. The third-order valence-corrected chi connectivity index (χ3v) is 5.20. The molecule has 0 saturated carbocycles. The summed E-state index contributed by atoms with van der Waals surface area (Å²) in [6.45, 7) is 0.355. The van der Waals surface area contributed by atoms with Crippen molar-refractivity contribution in [3.05, 3.63) is 94.0 Å². The van der Waals surface area contributed by atoms with Crippen molar-refractivity contribution in [1.82, 2.24) is 10.3 Å². The Bertz CT molecular complexity index is 1100. The second-order valence-corrected chi connectivity index (χ2v) is 7.47. The van der Waals surface area contributed by atoms with Crippen LogP contribution in [0.3, 0.4) is 0 Å². The molecule has 2 aromatic heterocycles. The number of amides is 1. The van der Waals surface area contributed by atoms with Gasteiger partial charge in [0, 0.05) is 39.5 Å². The highest BCUT2D eigenvalue weighted by Gasteiger charge is 2.22. The quantitative estimate of drug-likeness (QED) is 0.413. The van der Waals surface area contributed by atoms with Crippen LogP contribution in [-0.2, 0) is 11.3 Å². The summed E-state index contributed by atoms with van der Waals surface area (Å²) in [6, 6.07) is 16.9. The van der Waals surface area contributed by atoms with Crippen molar-refractivity contribution >= 4 is 40.0 Å². The summed E-state index contributed by atoms with van der Waals surface area (Å²) in [4.78, 5) is 16.0. The van der Waals surface area contributed by atoms with Gasteiger partial charge < -0.3 is 14.7 Å². The number of carbonyl (C=O) groups is 1. The summed E-state index contributed by atoms with van der Waals surface area (Å²) >= 11 is 12.4. The standard InChI is InChI=1S/C22H18Cl2N2O2/c23-15-4-1-3-14(9-15)18(11-22(27)26-12-17-5-2-8-28-17)20-13-25-21-7-6-16(24)10-19(20)21/h1-10,13,18,25H,11-12H2,(H,26,27)/t18-/m0/s1. The number of halogens is 2. The molecule has 0 fully saturated rings. The molecule has 0 radical (unpaired) electrons. The largest absolute Gasteiger partial charge is 0.467 e. The van der Waals surface area contributed by atoms with Gasteiger partial charge in [-0.1, -0.05) is 35.3 Å². The van der Waals surface area contributed by atoms with Crippen LogP contribution in [0.4, 0.5) is 0 Å². The second-order valence-electron chi connectivity index (χ2n) is 6.60. The highest BCUT2D eigenvalue weighted by Crippen LogP contribution is 2.35. The van der Waals surface area contributed by atoms with Gasteiger partial charge in [-0.2, -0.15) is 0 Å². The highest BCUT2D eigenvalue weighted by molar-refractivity contribution is 6.31. The van der Waals surface area contributed by atoms with Crippen molar-refractivity contribution in [3.63, 3.8) is 0 Å². The lowest BCUT2D eigenvalue weighted by atomic mass is 9.88. The number of hydrogen-bond donors (Lipinski definition) is 2. The lowest BCUT2D eigenvalue weighted by Crippen LogP contribution is -2.24. The summed E-state index contributed by atoms with van der Waals surface area (Å²) in [7, 11) is 0. The lowest BCUT2D eigenvalue weighted by Gasteiger charge is -2.17. The van der Waals surface area contributed by atoms with Gasteiger partial charge in [-0.3, -0.25) is 4.79 Å². The third-order valence-electron chi connectivity index (χ3n) is 4.73. The molecule has 142 valence electrons. The third kappa shape index (κ3) is 4.08. The lowest BCUT2D eigenvalue weighted by molar-refractivity contribution is -0.121. The van der Waals surface area contributed by atoms with Crippen LogP contribution in [-0.4, -0.2) is 10.9 Å². The Morgan fingerprint density at radius 1 is 1.07 bits per heavy atom. The van der Waals surface area contributed by atoms with Crippen LogP contribution in [0.25, 0.3) is 10.9 Å². The van der Waals surface area contributed by atoms with Crippen LogP contribution in [0.1, 0.15) is 29.2 Å². The van der Waals surface area contributed by atoms with Crippen molar-refractivity contribution in [2.45, 2.75) is 18.9 Å². The zero-order chi connectivity index (χ0) is 19.5. The molecule has 1 atom stereocenters. The summed E-state index contributed by atoms with van der Waals surface area (Å²) < 4.78 is 5.28. The number of H-pyrrole nitrogens is 1. The molecular formula is C22H18Cl2N2O2. The van der Waals surface area contributed by atoms with Crippen LogP contribution >= 0.6 is 23.2 Å². The number of fused-ring (bicyclic) bond motifs is 1. The van der Waals surface area contributed by atoms with Gasteiger partial charge in [0.15, 0.2) is 0 Å². The Morgan fingerprint density at radius 3 is 2.71 bits per heavy atom. The van der Waals surface area contributed by atoms with Crippen LogP contribution in [0, 0.1) is 0 Å². The molecule has 0 spiro atoms. The molecule has 4 nitrogen and oxygen atoms in total. The molecule has 4 aromatic rings. The summed E-state index contributed by atoms with van der Waals surface area (Å²) in [5, 5.41) is 5.20. The number of carbonyl (C=O) groups excluding carboxylic acids is 1. The predicted molar refractivity (Wildman–Crippen MR) is 112 cm³/mol. The first kappa shape index (κ1) is 18.7. The van der Waals surface area contributed by atoms with Crippen molar-refractivity contribution in [2.75, 3.05) is 0 Å². The number of hydrogen-bond acceptors (Lipinski definition) is 2. The molecule has 2 aromatic carbocycles. The fraction of sp³-hybridized carbons (Fsp3) is 0.136. The number of rotatable bonds is 6. The summed E-state index contributed by atoms with van der Waals surface area (Å²) in [5.41, 5.74) is 2.96. The number of furan rings is 1. The molecule has 2 N–H and O–H groups in total. The predicted octanol–water partition coefficient (Wildman–Crippen LogP) is 5.91. The van der Waals surface area contributed by atoms with Crippen molar-refractivity contribution in [2.24, 2.45) is 0 Å². The fourth-order valence-corrected chi connectivity index (χ4v) is 3.76. The molecule has 28 heavy (non-hydrogen) atoms. The van der Waals surface area contributed by atoms with E-state index < -0.39 is 0 Å². The van der Waals surface area contributed by atoms with E-state index >= 15 is 0 Å². The first-order valence-corrected chi connectivity index (χ1v) is 9.67. The number of aromatic amines is 1. The maximum absolute atomic E-state index is 12.7. The van der Waals surface area contributed by atoms with E-state index in [4.69, 9.17) is 27.6 Å². The number of aromatic nitrogens is 1. The van der Waals surface area contributed by atoms with E-state index in [0.717, 1.165) is 22.0 Å². The van der Waals surface area contributed by atoms with E-state index in [9.17, 15) is 4.79 Å². The van der Waals surface area contributed by atoms with E-state index in [1.54, 1.807) is 12.3 Å². The van der Waals surface area contributed by atoms with Crippen LogP contribution < -0.4 is 5.32 Å². The van der Waals surface area contributed by atoms with Gasteiger partial charge in [0.05, 0.1) is 12.8 Å². The van der Waals surface area contributed by atoms with Gasteiger partial charge in [0.25, 0.3) is 0 Å². The minimum atomic E-state index is -0.164. The van der Waals surface area contributed by atoms with E-state index in [0.29, 0.717) is 22.4 Å². The summed E-state index contributed by atoms with van der Waals surface area (Å²) in [6.07, 6.45) is 3.80. The van der Waals surface area contributed by atoms with Crippen molar-refractivity contribution in [1.29, 1.82) is 0 Å². The molecule has 0 aliphatic carbocycles. The topological polar surface area (TPSA) is 58.0 Å². The average Bonchev–Trinajstić information content (AvgIpc) is 3.34. The molecule has 0 bridgehead atoms. The van der Waals surface area contributed by atoms with Crippen LogP contribution in [0.5, 0.6) is 0 Å². The summed E-state index contributed by atoms with van der Waals surface area (Å²) in [5.74, 6) is 0.479. The first-order chi connectivity index (χ1) is 13.6. The minimum Gasteiger partial charge on any atom is -0.467 e. The SMILES string of the molecule is O=C(C[C@@H](c1cccc(Cl)c1)c1c[nH]c2ccc(Cl)cc12)NCc1ccco1.